The Hall–Kier alpha value is -2.60. The smallest absolute Gasteiger partial charge is 0.330 e. The molecule has 2 N–H and O–H groups in total. The van der Waals surface area contributed by atoms with E-state index in [9.17, 15) is 13.2 Å². The maximum atomic E-state index is 12.6. The van der Waals surface area contributed by atoms with Crippen molar-refractivity contribution >= 4 is 0 Å². The first-order valence-corrected chi connectivity index (χ1v) is 7.90. The number of rotatable bonds is 5. The second kappa shape index (κ2) is 7.11. The Morgan fingerprint density at radius 3 is 2.36 bits per heavy atom. The molecule has 0 amide bonds. The van der Waals surface area contributed by atoms with E-state index in [0.717, 1.165) is 34.6 Å². The summed E-state index contributed by atoms with van der Waals surface area (Å²) in [5.74, 6) is 0.804. The van der Waals surface area contributed by atoms with Crippen molar-refractivity contribution < 1.29 is 13.2 Å². The first-order valence-electron chi connectivity index (χ1n) is 7.90. The third kappa shape index (κ3) is 4.28. The summed E-state index contributed by atoms with van der Waals surface area (Å²) in [7, 11) is 0. The molecule has 1 aromatic heterocycles. The van der Waals surface area contributed by atoms with E-state index in [2.05, 4.69) is 4.98 Å². The van der Waals surface area contributed by atoms with E-state index in [4.69, 9.17) is 5.73 Å². The van der Waals surface area contributed by atoms with Crippen LogP contribution in [0, 0.1) is 0 Å². The van der Waals surface area contributed by atoms with Crippen LogP contribution in [-0.2, 0) is 25.7 Å². The molecule has 0 atom stereocenters. The van der Waals surface area contributed by atoms with E-state index in [-0.39, 0.29) is 0 Å². The van der Waals surface area contributed by atoms with Crippen LogP contribution in [0.1, 0.15) is 28.1 Å². The molecule has 6 heteroatoms. The summed E-state index contributed by atoms with van der Waals surface area (Å²) in [5, 5.41) is 0. The number of alkyl halides is 3. The summed E-state index contributed by atoms with van der Waals surface area (Å²) in [5.41, 5.74) is 7.98. The zero-order valence-corrected chi connectivity index (χ0v) is 13.5. The Kier molecular flexibility index (Phi) is 4.90. The summed E-state index contributed by atoms with van der Waals surface area (Å²) < 4.78 is 39.9. The highest BCUT2D eigenvalue weighted by Crippen LogP contribution is 2.29. The SMILES string of the molecule is NCc1cccc(Cn2ccnc2Cc2ccc(C(F)(F)F)cc2)c1. The van der Waals surface area contributed by atoms with Gasteiger partial charge in [0.1, 0.15) is 5.82 Å². The van der Waals surface area contributed by atoms with E-state index in [1.807, 2.05) is 35.0 Å². The molecule has 25 heavy (non-hydrogen) atoms. The number of benzene rings is 2. The molecule has 0 saturated carbocycles. The van der Waals surface area contributed by atoms with Gasteiger partial charge in [0.05, 0.1) is 5.56 Å². The Morgan fingerprint density at radius 1 is 0.960 bits per heavy atom. The van der Waals surface area contributed by atoms with Gasteiger partial charge in [0, 0.05) is 31.9 Å². The standard InChI is InChI=1S/C19H18F3N3/c20-19(21,22)17-6-4-14(5-7-17)11-18-24-8-9-25(18)13-16-3-1-2-15(10-16)12-23/h1-10H,11-13,23H2. The third-order valence-electron chi connectivity index (χ3n) is 4.03. The minimum Gasteiger partial charge on any atom is -0.330 e. The van der Waals surface area contributed by atoms with Crippen molar-refractivity contribution in [2.75, 3.05) is 0 Å². The molecule has 3 nitrogen and oxygen atoms in total. The molecular weight excluding hydrogens is 327 g/mol. The first kappa shape index (κ1) is 17.2. The normalized spacial score (nSPS) is 11.7. The van der Waals surface area contributed by atoms with Crippen molar-refractivity contribution in [1.29, 1.82) is 0 Å². The lowest BCUT2D eigenvalue weighted by Crippen LogP contribution is -2.07. The molecule has 0 aliphatic heterocycles. The maximum Gasteiger partial charge on any atom is 0.416 e. The van der Waals surface area contributed by atoms with Crippen molar-refractivity contribution in [3.63, 3.8) is 0 Å². The zero-order chi connectivity index (χ0) is 17.9. The third-order valence-corrected chi connectivity index (χ3v) is 4.03. The van der Waals surface area contributed by atoms with Crippen LogP contribution in [-0.4, -0.2) is 9.55 Å². The minimum atomic E-state index is -4.31. The van der Waals surface area contributed by atoms with Gasteiger partial charge in [-0.3, -0.25) is 0 Å². The zero-order valence-electron chi connectivity index (χ0n) is 13.5. The molecule has 0 unspecified atom stereocenters. The van der Waals surface area contributed by atoms with Crippen LogP contribution in [0.15, 0.2) is 60.9 Å². The van der Waals surface area contributed by atoms with Gasteiger partial charge in [-0.25, -0.2) is 4.98 Å². The Balaban J connectivity index is 1.75. The minimum absolute atomic E-state index is 0.474. The van der Waals surface area contributed by atoms with Crippen LogP contribution in [0.5, 0.6) is 0 Å². The Labute approximate surface area is 143 Å². The molecule has 0 radical (unpaired) electrons. The molecule has 2 aromatic carbocycles. The second-order valence-electron chi connectivity index (χ2n) is 5.87. The van der Waals surface area contributed by atoms with E-state index in [1.165, 1.54) is 12.1 Å². The van der Waals surface area contributed by atoms with Gasteiger partial charge >= 0.3 is 6.18 Å². The van der Waals surface area contributed by atoms with Gasteiger partial charge in [-0.05, 0) is 28.8 Å². The lowest BCUT2D eigenvalue weighted by Gasteiger charge is -2.10. The first-order chi connectivity index (χ1) is 12.0. The fraction of sp³-hybridized carbons (Fsp3) is 0.211. The molecule has 130 valence electrons. The number of imidazole rings is 1. The summed E-state index contributed by atoms with van der Waals surface area (Å²) in [4.78, 5) is 4.34. The predicted octanol–water partition coefficient (Wildman–Crippen LogP) is 4.00. The predicted molar refractivity (Wildman–Crippen MR) is 89.9 cm³/mol. The van der Waals surface area contributed by atoms with Crippen molar-refractivity contribution in [2.45, 2.75) is 25.7 Å². The summed E-state index contributed by atoms with van der Waals surface area (Å²) >= 11 is 0. The number of nitrogens with zero attached hydrogens (tertiary/aromatic N) is 2. The quantitative estimate of drug-likeness (QED) is 0.760. The van der Waals surface area contributed by atoms with E-state index in [1.54, 1.807) is 6.20 Å². The fourth-order valence-corrected chi connectivity index (χ4v) is 2.70. The number of nitrogens with two attached hydrogens (primary N) is 1. The monoisotopic (exact) mass is 345 g/mol. The van der Waals surface area contributed by atoms with Crippen molar-refractivity contribution in [2.24, 2.45) is 5.73 Å². The highest BCUT2D eigenvalue weighted by molar-refractivity contribution is 5.27. The molecule has 1 heterocycles. The van der Waals surface area contributed by atoms with Crippen LogP contribution in [0.25, 0.3) is 0 Å². The van der Waals surface area contributed by atoms with E-state index < -0.39 is 11.7 Å². The summed E-state index contributed by atoms with van der Waals surface area (Å²) in [6.07, 6.45) is -0.270. The maximum absolute atomic E-state index is 12.6. The Morgan fingerprint density at radius 2 is 1.68 bits per heavy atom. The molecule has 3 aromatic rings. The van der Waals surface area contributed by atoms with Gasteiger partial charge < -0.3 is 10.3 Å². The summed E-state index contributed by atoms with van der Waals surface area (Å²) in [6.45, 7) is 1.12. The molecule has 0 saturated heterocycles. The van der Waals surface area contributed by atoms with E-state index >= 15 is 0 Å². The van der Waals surface area contributed by atoms with Gasteiger partial charge in [-0.2, -0.15) is 13.2 Å². The fourth-order valence-electron chi connectivity index (χ4n) is 2.70. The number of aromatic nitrogens is 2. The topological polar surface area (TPSA) is 43.8 Å². The van der Waals surface area contributed by atoms with Crippen molar-refractivity contribution in [1.82, 2.24) is 9.55 Å². The number of hydrogen-bond acceptors (Lipinski definition) is 2. The Bertz CT molecular complexity index is 836. The highest BCUT2D eigenvalue weighted by Gasteiger charge is 2.29. The van der Waals surface area contributed by atoms with Crippen molar-refractivity contribution in [3.05, 3.63) is 89.0 Å². The molecule has 0 spiro atoms. The molecule has 0 fully saturated rings. The van der Waals surface area contributed by atoms with Gasteiger partial charge in [-0.1, -0.05) is 36.4 Å². The van der Waals surface area contributed by atoms with Crippen LogP contribution in [0.4, 0.5) is 13.2 Å². The molecule has 3 rings (SSSR count). The second-order valence-corrected chi connectivity index (χ2v) is 5.87. The molecular formula is C19H18F3N3. The van der Waals surface area contributed by atoms with Gasteiger partial charge in [0.15, 0.2) is 0 Å². The van der Waals surface area contributed by atoms with Gasteiger partial charge in [0.25, 0.3) is 0 Å². The average molecular weight is 345 g/mol. The molecule has 0 aliphatic rings. The number of halogens is 3. The molecule has 0 aliphatic carbocycles. The van der Waals surface area contributed by atoms with E-state index in [0.29, 0.717) is 19.5 Å². The largest absolute Gasteiger partial charge is 0.416 e. The highest BCUT2D eigenvalue weighted by atomic mass is 19.4. The van der Waals surface area contributed by atoms with Crippen molar-refractivity contribution in [3.8, 4) is 0 Å². The average Bonchev–Trinajstić information content (AvgIpc) is 3.01. The number of hydrogen-bond donors (Lipinski definition) is 1. The van der Waals surface area contributed by atoms with Crippen LogP contribution in [0.2, 0.25) is 0 Å². The van der Waals surface area contributed by atoms with Crippen LogP contribution >= 0.6 is 0 Å². The van der Waals surface area contributed by atoms with Gasteiger partial charge in [-0.15, -0.1) is 0 Å². The lowest BCUT2D eigenvalue weighted by molar-refractivity contribution is -0.137. The van der Waals surface area contributed by atoms with Crippen LogP contribution < -0.4 is 5.73 Å². The lowest BCUT2D eigenvalue weighted by atomic mass is 10.1. The van der Waals surface area contributed by atoms with Gasteiger partial charge in [0.2, 0.25) is 0 Å². The van der Waals surface area contributed by atoms with Crippen LogP contribution in [0.3, 0.4) is 0 Å². The molecule has 0 bridgehead atoms. The summed E-state index contributed by atoms with van der Waals surface area (Å²) in [6, 6.07) is 13.2.